The molecular weight excluding hydrogens is 219 g/mol. The van der Waals surface area contributed by atoms with E-state index in [1.165, 1.54) is 3.58 Å². The molecule has 0 aliphatic rings. The first kappa shape index (κ1) is 7.82. The van der Waals surface area contributed by atoms with Gasteiger partial charge in [0.15, 0.2) is 0 Å². The SMILES string of the molecule is CC=C(I)CCS. The van der Waals surface area contributed by atoms with Gasteiger partial charge in [-0.3, -0.25) is 0 Å². The summed E-state index contributed by atoms with van der Waals surface area (Å²) >= 11 is 6.39. The molecule has 0 atom stereocenters. The highest BCUT2D eigenvalue weighted by atomic mass is 127. The Hall–Kier alpha value is 0.820. The first-order valence-corrected chi connectivity index (χ1v) is 3.94. The maximum atomic E-state index is 4.07. The van der Waals surface area contributed by atoms with Crippen molar-refractivity contribution in [2.24, 2.45) is 0 Å². The van der Waals surface area contributed by atoms with Gasteiger partial charge in [-0.25, -0.2) is 0 Å². The molecule has 0 radical (unpaired) electrons. The van der Waals surface area contributed by atoms with E-state index >= 15 is 0 Å². The van der Waals surface area contributed by atoms with Gasteiger partial charge in [-0.2, -0.15) is 12.6 Å². The summed E-state index contributed by atoms with van der Waals surface area (Å²) in [5, 5.41) is 0. The van der Waals surface area contributed by atoms with Crippen LogP contribution in [0.1, 0.15) is 13.3 Å². The predicted molar refractivity (Wildman–Crippen MR) is 46.2 cm³/mol. The lowest BCUT2D eigenvalue weighted by atomic mass is 10.4. The van der Waals surface area contributed by atoms with Crippen molar-refractivity contribution in [2.75, 3.05) is 5.75 Å². The summed E-state index contributed by atoms with van der Waals surface area (Å²) in [7, 11) is 0. The molecule has 7 heavy (non-hydrogen) atoms. The summed E-state index contributed by atoms with van der Waals surface area (Å²) in [5.74, 6) is 0.961. The van der Waals surface area contributed by atoms with Gasteiger partial charge in [0, 0.05) is 0 Å². The molecule has 0 aliphatic heterocycles. The third-order valence-corrected chi connectivity index (χ3v) is 2.05. The maximum absolute atomic E-state index is 4.07. The van der Waals surface area contributed by atoms with Crippen LogP contribution >= 0.6 is 35.2 Å². The molecule has 0 fully saturated rings. The van der Waals surface area contributed by atoms with E-state index in [1.54, 1.807) is 0 Å². The fourth-order valence-corrected chi connectivity index (χ4v) is 1.19. The molecule has 0 spiro atoms. The van der Waals surface area contributed by atoms with E-state index in [1.807, 2.05) is 6.92 Å². The van der Waals surface area contributed by atoms with E-state index in [-0.39, 0.29) is 0 Å². The highest BCUT2D eigenvalue weighted by molar-refractivity contribution is 14.1. The van der Waals surface area contributed by atoms with Crippen molar-refractivity contribution in [1.82, 2.24) is 0 Å². The van der Waals surface area contributed by atoms with Gasteiger partial charge in [-0.1, -0.05) is 6.08 Å². The summed E-state index contributed by atoms with van der Waals surface area (Å²) in [5.41, 5.74) is 0. The zero-order chi connectivity index (χ0) is 5.70. The molecule has 0 bridgehead atoms. The van der Waals surface area contributed by atoms with Crippen LogP contribution in [0.3, 0.4) is 0 Å². The van der Waals surface area contributed by atoms with Crippen molar-refractivity contribution in [3.05, 3.63) is 9.66 Å². The van der Waals surface area contributed by atoms with Crippen LogP contribution in [-0.4, -0.2) is 5.75 Å². The van der Waals surface area contributed by atoms with E-state index < -0.39 is 0 Å². The summed E-state index contributed by atoms with van der Waals surface area (Å²) in [6.45, 7) is 2.05. The summed E-state index contributed by atoms with van der Waals surface area (Å²) in [6.07, 6.45) is 3.22. The standard InChI is InChI=1S/C5H9IS/c1-2-5(6)3-4-7/h2,7H,3-4H2,1H3. The van der Waals surface area contributed by atoms with E-state index in [0.717, 1.165) is 12.2 Å². The number of hydrogen-bond acceptors (Lipinski definition) is 1. The normalized spacial score (nSPS) is 12.1. The molecule has 0 nitrogen and oxygen atoms in total. The third kappa shape index (κ3) is 4.68. The Morgan fingerprint density at radius 2 is 2.43 bits per heavy atom. The number of hydrogen-bond donors (Lipinski definition) is 1. The molecule has 2 heteroatoms. The van der Waals surface area contributed by atoms with Crippen molar-refractivity contribution >= 4 is 35.2 Å². The average Bonchev–Trinajstić information content (AvgIpc) is 1.68. The molecule has 0 amide bonds. The topological polar surface area (TPSA) is 0 Å². The van der Waals surface area contributed by atoms with Gasteiger partial charge >= 0.3 is 0 Å². The first-order chi connectivity index (χ1) is 3.31. The second-order valence-electron chi connectivity index (χ2n) is 1.21. The largest absolute Gasteiger partial charge is 0.179 e. The van der Waals surface area contributed by atoms with Crippen LogP contribution in [0.15, 0.2) is 9.66 Å². The van der Waals surface area contributed by atoms with Crippen molar-refractivity contribution in [2.45, 2.75) is 13.3 Å². The molecule has 0 aromatic rings. The Morgan fingerprint density at radius 3 is 2.57 bits per heavy atom. The minimum Gasteiger partial charge on any atom is -0.179 e. The fourth-order valence-electron chi connectivity index (χ4n) is 0.251. The Morgan fingerprint density at radius 1 is 1.86 bits per heavy atom. The van der Waals surface area contributed by atoms with Crippen molar-refractivity contribution < 1.29 is 0 Å². The zero-order valence-corrected chi connectivity index (χ0v) is 7.37. The van der Waals surface area contributed by atoms with Gasteiger partial charge in [0.2, 0.25) is 0 Å². The van der Waals surface area contributed by atoms with Gasteiger partial charge in [-0.05, 0) is 45.3 Å². The lowest BCUT2D eigenvalue weighted by molar-refractivity contribution is 1.23. The predicted octanol–water partition coefficient (Wildman–Crippen LogP) is 2.65. The van der Waals surface area contributed by atoms with Gasteiger partial charge in [0.25, 0.3) is 0 Å². The van der Waals surface area contributed by atoms with Crippen LogP contribution in [0.5, 0.6) is 0 Å². The summed E-state index contributed by atoms with van der Waals surface area (Å²) < 4.78 is 1.40. The minimum absolute atomic E-state index is 0.961. The molecule has 0 saturated carbocycles. The van der Waals surface area contributed by atoms with Crippen LogP contribution in [-0.2, 0) is 0 Å². The highest BCUT2D eigenvalue weighted by Crippen LogP contribution is 2.09. The van der Waals surface area contributed by atoms with E-state index in [4.69, 9.17) is 0 Å². The number of allylic oxidation sites excluding steroid dienone is 2. The summed E-state index contributed by atoms with van der Waals surface area (Å²) in [6, 6.07) is 0. The van der Waals surface area contributed by atoms with Crippen LogP contribution in [0.2, 0.25) is 0 Å². The molecule has 0 N–H and O–H groups in total. The number of halogens is 1. The Balaban J connectivity index is 3.17. The Kier molecular flexibility index (Phi) is 5.55. The second-order valence-corrected chi connectivity index (χ2v) is 3.04. The minimum atomic E-state index is 0.961. The van der Waals surface area contributed by atoms with Crippen LogP contribution in [0.25, 0.3) is 0 Å². The van der Waals surface area contributed by atoms with Crippen LogP contribution in [0, 0.1) is 0 Å². The van der Waals surface area contributed by atoms with Crippen molar-refractivity contribution in [3.63, 3.8) is 0 Å². The quantitative estimate of drug-likeness (QED) is 0.545. The van der Waals surface area contributed by atoms with Crippen LogP contribution in [0.4, 0.5) is 0 Å². The smallest absolute Gasteiger partial charge is 0.00530 e. The van der Waals surface area contributed by atoms with Gasteiger partial charge in [-0.15, -0.1) is 0 Å². The number of rotatable bonds is 2. The Bertz CT molecular complexity index is 68.5. The molecule has 0 rings (SSSR count). The van der Waals surface area contributed by atoms with Gasteiger partial charge in [0.05, 0.1) is 0 Å². The first-order valence-electron chi connectivity index (χ1n) is 2.22. The lowest BCUT2D eigenvalue weighted by Crippen LogP contribution is -1.70. The molecule has 0 unspecified atom stereocenters. The molecule has 0 saturated heterocycles. The average molecular weight is 228 g/mol. The molecule has 0 aromatic carbocycles. The fraction of sp³-hybridized carbons (Fsp3) is 0.600. The molecule has 42 valence electrons. The summed E-state index contributed by atoms with van der Waals surface area (Å²) in [4.78, 5) is 0. The highest BCUT2D eigenvalue weighted by Gasteiger charge is 1.82. The maximum Gasteiger partial charge on any atom is -0.00530 e. The van der Waals surface area contributed by atoms with Crippen LogP contribution < -0.4 is 0 Å². The molecule has 0 heterocycles. The van der Waals surface area contributed by atoms with Gasteiger partial charge < -0.3 is 0 Å². The van der Waals surface area contributed by atoms with Crippen molar-refractivity contribution in [1.29, 1.82) is 0 Å². The van der Waals surface area contributed by atoms with Gasteiger partial charge in [0.1, 0.15) is 0 Å². The van der Waals surface area contributed by atoms with Crippen molar-refractivity contribution in [3.8, 4) is 0 Å². The van der Waals surface area contributed by atoms with E-state index in [2.05, 4.69) is 41.3 Å². The lowest BCUT2D eigenvalue weighted by Gasteiger charge is -1.88. The monoisotopic (exact) mass is 228 g/mol. The van der Waals surface area contributed by atoms with E-state index in [0.29, 0.717) is 0 Å². The Labute approximate surface area is 63.9 Å². The van der Waals surface area contributed by atoms with E-state index in [9.17, 15) is 0 Å². The molecular formula is C5H9IS. The second kappa shape index (κ2) is 4.97. The zero-order valence-electron chi connectivity index (χ0n) is 4.32. The molecule has 0 aliphatic carbocycles. The molecule has 0 aromatic heterocycles. The number of thiol groups is 1. The third-order valence-electron chi connectivity index (χ3n) is 0.664.